The zero-order valence-electron chi connectivity index (χ0n) is 16.3. The van der Waals surface area contributed by atoms with Gasteiger partial charge in [-0.25, -0.2) is 0 Å². The van der Waals surface area contributed by atoms with E-state index in [1.54, 1.807) is 30.6 Å². The predicted octanol–water partition coefficient (Wildman–Crippen LogP) is 3.76. The Balaban J connectivity index is 0.000000177. The van der Waals surface area contributed by atoms with Crippen LogP contribution < -0.4 is 16.4 Å². The molecule has 2 amide bonds. The van der Waals surface area contributed by atoms with Crippen LogP contribution in [0.4, 0.5) is 11.4 Å². The molecule has 150 valence electrons. The van der Waals surface area contributed by atoms with Crippen LogP contribution in [0.25, 0.3) is 6.08 Å². The van der Waals surface area contributed by atoms with Crippen molar-refractivity contribution >= 4 is 29.3 Å². The van der Waals surface area contributed by atoms with Crippen molar-refractivity contribution in [2.75, 3.05) is 10.6 Å². The number of amides is 2. The molecule has 4 N–H and O–H groups in total. The summed E-state index contributed by atoms with van der Waals surface area (Å²) in [5, 5.41) is 5.52. The van der Waals surface area contributed by atoms with Gasteiger partial charge in [0, 0.05) is 48.0 Å². The molecule has 0 spiro atoms. The summed E-state index contributed by atoms with van der Waals surface area (Å²) in [6, 6.07) is 20.9. The van der Waals surface area contributed by atoms with Crippen molar-refractivity contribution in [3.8, 4) is 0 Å². The lowest BCUT2D eigenvalue weighted by Gasteiger charge is -2.18. The van der Waals surface area contributed by atoms with E-state index in [0.717, 1.165) is 22.5 Å². The second-order valence-electron chi connectivity index (χ2n) is 6.45. The molecule has 0 atom stereocenters. The summed E-state index contributed by atoms with van der Waals surface area (Å²) >= 11 is 0. The van der Waals surface area contributed by atoms with Gasteiger partial charge in [-0.2, -0.15) is 0 Å². The number of aromatic nitrogens is 1. The van der Waals surface area contributed by atoms with E-state index in [0.29, 0.717) is 12.0 Å². The van der Waals surface area contributed by atoms with Crippen LogP contribution in [0, 0.1) is 0 Å². The lowest BCUT2D eigenvalue weighted by molar-refractivity contribution is -0.113. The number of anilines is 2. The van der Waals surface area contributed by atoms with E-state index >= 15 is 0 Å². The normalized spacial score (nSPS) is 13.7. The Bertz CT molecular complexity index is 1060. The summed E-state index contributed by atoms with van der Waals surface area (Å²) < 4.78 is 0. The van der Waals surface area contributed by atoms with Crippen molar-refractivity contribution in [2.24, 2.45) is 5.73 Å². The van der Waals surface area contributed by atoms with E-state index < -0.39 is 0 Å². The lowest BCUT2D eigenvalue weighted by atomic mass is 9.99. The largest absolute Gasteiger partial charge is 0.404 e. The van der Waals surface area contributed by atoms with Crippen LogP contribution in [0.3, 0.4) is 0 Å². The molecule has 0 unspecified atom stereocenters. The van der Waals surface area contributed by atoms with Crippen molar-refractivity contribution in [1.82, 2.24) is 4.98 Å². The van der Waals surface area contributed by atoms with Gasteiger partial charge in [0.05, 0.1) is 0 Å². The molecule has 0 fully saturated rings. The standard InChI is InChI=1S/C14H12N2O.C10H10N2O/c17-14(16-13-8-10-15-11-9-13)7-6-12-4-2-1-3-5-12;11-6-8-5-7-3-1-2-4-9(7)12-10(8)13/h1-11H,(H,15,16,17);1-4,6H,5,11H2,(H,12,13)/b7-6+;8-6+. The molecule has 6 heteroatoms. The van der Waals surface area contributed by atoms with Gasteiger partial charge in [-0.05, 0) is 35.4 Å². The highest BCUT2D eigenvalue weighted by atomic mass is 16.2. The Hall–Kier alpha value is -4.19. The van der Waals surface area contributed by atoms with E-state index in [-0.39, 0.29) is 11.8 Å². The molecular weight excluding hydrogens is 376 g/mol. The fourth-order valence-corrected chi connectivity index (χ4v) is 2.77. The van der Waals surface area contributed by atoms with Gasteiger partial charge in [0.2, 0.25) is 5.91 Å². The third-order valence-electron chi connectivity index (χ3n) is 4.31. The van der Waals surface area contributed by atoms with Gasteiger partial charge in [-0.1, -0.05) is 48.5 Å². The maximum atomic E-state index is 11.6. The van der Waals surface area contributed by atoms with E-state index in [1.165, 1.54) is 12.3 Å². The SMILES string of the molecule is N/C=C1\Cc2ccccc2NC1=O.O=C(/C=C/c1ccccc1)Nc1ccncc1. The van der Waals surface area contributed by atoms with Gasteiger partial charge in [0.15, 0.2) is 0 Å². The van der Waals surface area contributed by atoms with Gasteiger partial charge in [-0.3, -0.25) is 14.6 Å². The van der Waals surface area contributed by atoms with Crippen LogP contribution in [-0.4, -0.2) is 16.8 Å². The zero-order chi connectivity index (χ0) is 21.2. The molecule has 2 aromatic carbocycles. The maximum absolute atomic E-state index is 11.6. The minimum atomic E-state index is -0.153. The molecule has 1 aromatic heterocycles. The highest BCUT2D eigenvalue weighted by Gasteiger charge is 2.18. The van der Waals surface area contributed by atoms with Crippen LogP contribution in [0.15, 0.2) is 97.0 Å². The first kappa shape index (κ1) is 20.5. The molecule has 3 aromatic rings. The third kappa shape index (κ3) is 5.90. The smallest absolute Gasteiger partial charge is 0.253 e. The third-order valence-corrected chi connectivity index (χ3v) is 4.31. The summed E-state index contributed by atoms with van der Waals surface area (Å²) in [4.78, 5) is 26.8. The minimum Gasteiger partial charge on any atom is -0.404 e. The average molecular weight is 398 g/mol. The first-order chi connectivity index (χ1) is 14.7. The van der Waals surface area contributed by atoms with Gasteiger partial charge < -0.3 is 16.4 Å². The Morgan fingerprint density at radius 2 is 1.70 bits per heavy atom. The fourth-order valence-electron chi connectivity index (χ4n) is 2.77. The number of nitrogens with zero attached hydrogens (tertiary/aromatic N) is 1. The van der Waals surface area contributed by atoms with Crippen molar-refractivity contribution in [3.05, 3.63) is 108 Å². The summed E-state index contributed by atoms with van der Waals surface area (Å²) in [6.45, 7) is 0. The molecule has 6 nitrogen and oxygen atoms in total. The molecule has 0 aliphatic carbocycles. The van der Waals surface area contributed by atoms with Gasteiger partial charge >= 0.3 is 0 Å². The van der Waals surface area contributed by atoms with E-state index in [2.05, 4.69) is 15.6 Å². The number of nitrogens with one attached hydrogen (secondary N) is 2. The fraction of sp³-hybridized carbons (Fsp3) is 0.0417. The molecule has 4 rings (SSSR count). The number of pyridine rings is 1. The Labute approximate surface area is 175 Å². The van der Waals surface area contributed by atoms with Crippen molar-refractivity contribution in [1.29, 1.82) is 0 Å². The van der Waals surface area contributed by atoms with Crippen LogP contribution in [0.1, 0.15) is 11.1 Å². The van der Waals surface area contributed by atoms with Crippen molar-refractivity contribution in [2.45, 2.75) is 6.42 Å². The minimum absolute atomic E-state index is 0.0961. The second-order valence-corrected chi connectivity index (χ2v) is 6.45. The van der Waals surface area contributed by atoms with Crippen LogP contribution in [0.2, 0.25) is 0 Å². The van der Waals surface area contributed by atoms with Gasteiger partial charge in [0.25, 0.3) is 5.91 Å². The Kier molecular flexibility index (Phi) is 7.11. The molecule has 0 radical (unpaired) electrons. The van der Waals surface area contributed by atoms with Crippen LogP contribution in [-0.2, 0) is 16.0 Å². The lowest BCUT2D eigenvalue weighted by Crippen LogP contribution is -2.22. The molecular formula is C24H22N4O2. The number of rotatable bonds is 3. The molecule has 0 bridgehead atoms. The maximum Gasteiger partial charge on any atom is 0.253 e. The van der Waals surface area contributed by atoms with Gasteiger partial charge in [0.1, 0.15) is 0 Å². The number of hydrogen-bond donors (Lipinski definition) is 3. The molecule has 0 saturated heterocycles. The van der Waals surface area contributed by atoms with E-state index in [1.807, 2.05) is 54.6 Å². The average Bonchev–Trinajstić information content (AvgIpc) is 2.79. The number of benzene rings is 2. The molecule has 0 saturated carbocycles. The van der Waals surface area contributed by atoms with E-state index in [4.69, 9.17) is 5.73 Å². The van der Waals surface area contributed by atoms with Crippen molar-refractivity contribution < 1.29 is 9.59 Å². The summed E-state index contributed by atoms with van der Waals surface area (Å²) in [5.74, 6) is -0.249. The number of nitrogens with two attached hydrogens (primary N) is 1. The Morgan fingerprint density at radius 3 is 2.43 bits per heavy atom. The summed E-state index contributed by atoms with van der Waals surface area (Å²) in [6.07, 6.45) is 8.54. The predicted molar refractivity (Wildman–Crippen MR) is 119 cm³/mol. The topological polar surface area (TPSA) is 97.1 Å². The molecule has 1 aliphatic rings. The number of hydrogen-bond acceptors (Lipinski definition) is 4. The number of carbonyl (C=O) groups excluding carboxylic acids is 2. The number of carbonyl (C=O) groups is 2. The quantitative estimate of drug-likeness (QED) is 0.585. The first-order valence-electron chi connectivity index (χ1n) is 9.40. The highest BCUT2D eigenvalue weighted by molar-refractivity contribution is 6.06. The monoisotopic (exact) mass is 398 g/mol. The van der Waals surface area contributed by atoms with E-state index in [9.17, 15) is 9.59 Å². The number of fused-ring (bicyclic) bond motifs is 1. The highest BCUT2D eigenvalue weighted by Crippen LogP contribution is 2.23. The van der Waals surface area contributed by atoms with Crippen molar-refractivity contribution in [3.63, 3.8) is 0 Å². The summed E-state index contributed by atoms with van der Waals surface area (Å²) in [5.41, 5.74) is 9.69. The molecule has 30 heavy (non-hydrogen) atoms. The van der Waals surface area contributed by atoms with Crippen LogP contribution >= 0.6 is 0 Å². The van der Waals surface area contributed by atoms with Crippen LogP contribution in [0.5, 0.6) is 0 Å². The Morgan fingerprint density at radius 1 is 1.00 bits per heavy atom. The first-order valence-corrected chi connectivity index (χ1v) is 9.40. The zero-order valence-corrected chi connectivity index (χ0v) is 16.3. The number of para-hydroxylation sites is 1. The molecule has 1 aliphatic heterocycles. The van der Waals surface area contributed by atoms with Gasteiger partial charge in [-0.15, -0.1) is 0 Å². The summed E-state index contributed by atoms with van der Waals surface area (Å²) in [7, 11) is 0. The molecule has 2 heterocycles. The second kappa shape index (κ2) is 10.4.